The number of hydrogen-bond acceptors (Lipinski definition) is 4. The van der Waals surface area contributed by atoms with Crippen LogP contribution in [0.4, 0.5) is 0 Å². The molecule has 3 atom stereocenters. The molecule has 2 aromatic carbocycles. The van der Waals surface area contributed by atoms with Crippen molar-refractivity contribution in [3.63, 3.8) is 0 Å². The molecule has 5 heteroatoms. The first-order valence-electron chi connectivity index (χ1n) is 9.71. The van der Waals surface area contributed by atoms with Gasteiger partial charge in [-0.15, -0.1) is 0 Å². The number of nitrogens with one attached hydrogen (secondary N) is 2. The molecule has 146 valence electrons. The summed E-state index contributed by atoms with van der Waals surface area (Å²) in [6.07, 6.45) is 0.210. The number of aliphatic hydroxyl groups is 1. The van der Waals surface area contributed by atoms with Crippen LogP contribution in [0.3, 0.4) is 0 Å². The fourth-order valence-electron chi connectivity index (χ4n) is 4.30. The Morgan fingerprint density at radius 2 is 1.93 bits per heavy atom. The van der Waals surface area contributed by atoms with E-state index in [2.05, 4.69) is 43.2 Å². The van der Waals surface area contributed by atoms with Gasteiger partial charge in [0.2, 0.25) is 5.56 Å². The topological polar surface area (TPSA) is 85.3 Å². The molecule has 1 heterocycles. The number of phenolic OH excluding ortho intramolecular Hbond substituents is 1. The molecule has 3 aromatic rings. The second kappa shape index (κ2) is 7.08. The molecule has 1 aromatic heterocycles. The molecule has 0 fully saturated rings. The molecule has 0 spiro atoms. The largest absolute Gasteiger partial charge is 0.506 e. The lowest BCUT2D eigenvalue weighted by atomic mass is 9.97. The number of H-pyrrole nitrogens is 1. The fourth-order valence-corrected chi connectivity index (χ4v) is 4.30. The maximum atomic E-state index is 11.6. The number of pyridine rings is 1. The zero-order chi connectivity index (χ0) is 20.0. The lowest BCUT2D eigenvalue weighted by Gasteiger charge is -2.21. The quantitative estimate of drug-likeness (QED) is 0.562. The summed E-state index contributed by atoms with van der Waals surface area (Å²) in [5.74, 6) is 0.386. The van der Waals surface area contributed by atoms with Crippen LogP contribution < -0.4 is 10.9 Å². The van der Waals surface area contributed by atoms with Gasteiger partial charge in [0.1, 0.15) is 5.75 Å². The van der Waals surface area contributed by atoms with Crippen LogP contribution in [0.15, 0.2) is 41.2 Å². The van der Waals surface area contributed by atoms with Crippen LogP contribution in [0.25, 0.3) is 10.9 Å². The smallest absolute Gasteiger partial charge is 0.248 e. The molecule has 28 heavy (non-hydrogen) atoms. The number of benzene rings is 2. The highest BCUT2D eigenvalue weighted by molar-refractivity contribution is 5.87. The van der Waals surface area contributed by atoms with Crippen molar-refractivity contribution in [1.29, 1.82) is 0 Å². The average molecular weight is 378 g/mol. The number of aliphatic hydroxyl groups excluding tert-OH is 1. The molecule has 0 saturated carbocycles. The molecule has 4 N–H and O–H groups in total. The zero-order valence-electron chi connectivity index (χ0n) is 16.4. The molecular weight excluding hydrogens is 352 g/mol. The Morgan fingerprint density at radius 3 is 2.71 bits per heavy atom. The number of aryl methyl sites for hydroxylation is 2. The Morgan fingerprint density at radius 1 is 1.18 bits per heavy atom. The Labute approximate surface area is 164 Å². The van der Waals surface area contributed by atoms with Crippen LogP contribution in [0.5, 0.6) is 5.75 Å². The first-order chi connectivity index (χ1) is 13.3. The van der Waals surface area contributed by atoms with Crippen LogP contribution in [0.1, 0.15) is 46.8 Å². The summed E-state index contributed by atoms with van der Waals surface area (Å²) >= 11 is 0. The van der Waals surface area contributed by atoms with E-state index < -0.39 is 6.10 Å². The summed E-state index contributed by atoms with van der Waals surface area (Å²) in [5.41, 5.74) is 6.17. The predicted molar refractivity (Wildman–Crippen MR) is 111 cm³/mol. The highest BCUT2D eigenvalue weighted by Gasteiger charge is 2.29. The van der Waals surface area contributed by atoms with Gasteiger partial charge in [0, 0.05) is 24.0 Å². The van der Waals surface area contributed by atoms with Gasteiger partial charge in [-0.05, 0) is 66.1 Å². The fraction of sp³-hybridized carbons (Fsp3) is 0.348. The molecule has 2 unspecified atom stereocenters. The standard InChI is InChI=1S/C23H26N2O3/c1-12-8-15-10-19(14(3)18(15)9-13(12)2)24-11-21(27)16-4-6-20(26)23-17(16)5-7-22(28)25-23/h4-9,14,19,21,24,26-27H,10-11H2,1-3H3,(H,25,28)/t14?,19?,21-/m0/s1. The van der Waals surface area contributed by atoms with Crippen molar-refractivity contribution in [2.45, 2.75) is 45.3 Å². The highest BCUT2D eigenvalue weighted by Crippen LogP contribution is 2.35. The first-order valence-corrected chi connectivity index (χ1v) is 9.71. The van der Waals surface area contributed by atoms with Crippen LogP contribution in [0.2, 0.25) is 0 Å². The minimum absolute atomic E-state index is 0.00205. The van der Waals surface area contributed by atoms with Crippen molar-refractivity contribution in [3.8, 4) is 5.75 Å². The van der Waals surface area contributed by atoms with Crippen LogP contribution >= 0.6 is 0 Å². The lowest BCUT2D eigenvalue weighted by Crippen LogP contribution is -2.35. The Kier molecular flexibility index (Phi) is 4.73. The van der Waals surface area contributed by atoms with E-state index in [9.17, 15) is 15.0 Å². The van der Waals surface area contributed by atoms with Crippen LogP contribution in [0, 0.1) is 13.8 Å². The van der Waals surface area contributed by atoms with Crippen molar-refractivity contribution < 1.29 is 10.2 Å². The minimum atomic E-state index is -0.742. The minimum Gasteiger partial charge on any atom is -0.506 e. The van der Waals surface area contributed by atoms with E-state index in [0.29, 0.717) is 28.9 Å². The van der Waals surface area contributed by atoms with Gasteiger partial charge in [-0.3, -0.25) is 4.79 Å². The summed E-state index contributed by atoms with van der Waals surface area (Å²) in [4.78, 5) is 14.2. The summed E-state index contributed by atoms with van der Waals surface area (Å²) in [7, 11) is 0. The number of aromatic hydroxyl groups is 1. The Balaban J connectivity index is 1.53. The SMILES string of the molecule is Cc1cc2c(cc1C)C(C)C(NC[C@H](O)c1ccc(O)c3[nH]c(=O)ccc13)C2. The van der Waals surface area contributed by atoms with Gasteiger partial charge < -0.3 is 20.5 Å². The molecular formula is C23H26N2O3. The maximum absolute atomic E-state index is 11.6. The normalized spacial score (nSPS) is 19.7. The van der Waals surface area contributed by atoms with E-state index in [-0.39, 0.29) is 17.4 Å². The Hall–Kier alpha value is -2.63. The summed E-state index contributed by atoms with van der Waals surface area (Å²) in [6, 6.07) is 11.1. The second-order valence-electron chi connectivity index (χ2n) is 7.94. The third kappa shape index (κ3) is 3.21. The second-order valence-corrected chi connectivity index (χ2v) is 7.94. The molecule has 0 bridgehead atoms. The van der Waals surface area contributed by atoms with E-state index in [1.165, 1.54) is 34.4 Å². The molecule has 0 radical (unpaired) electrons. The van der Waals surface area contributed by atoms with Gasteiger partial charge in [-0.25, -0.2) is 0 Å². The van der Waals surface area contributed by atoms with Crippen molar-refractivity contribution in [3.05, 3.63) is 74.6 Å². The first kappa shape index (κ1) is 18.7. The van der Waals surface area contributed by atoms with Gasteiger partial charge in [-0.1, -0.05) is 25.1 Å². The van der Waals surface area contributed by atoms with E-state index in [0.717, 1.165) is 6.42 Å². The molecule has 1 aliphatic carbocycles. The maximum Gasteiger partial charge on any atom is 0.248 e. The lowest BCUT2D eigenvalue weighted by molar-refractivity contribution is 0.170. The summed E-state index contributed by atoms with van der Waals surface area (Å²) < 4.78 is 0. The molecule has 0 aliphatic heterocycles. The van der Waals surface area contributed by atoms with Crippen molar-refractivity contribution in [1.82, 2.24) is 10.3 Å². The molecule has 1 aliphatic rings. The average Bonchev–Trinajstić information content (AvgIpc) is 2.96. The van der Waals surface area contributed by atoms with Gasteiger partial charge in [0.15, 0.2) is 0 Å². The third-order valence-electron chi connectivity index (χ3n) is 6.13. The van der Waals surface area contributed by atoms with Gasteiger partial charge >= 0.3 is 0 Å². The number of phenols is 1. The van der Waals surface area contributed by atoms with Gasteiger partial charge in [-0.2, -0.15) is 0 Å². The molecule has 0 amide bonds. The van der Waals surface area contributed by atoms with E-state index >= 15 is 0 Å². The number of aromatic amines is 1. The number of rotatable bonds is 4. The highest BCUT2D eigenvalue weighted by atomic mass is 16.3. The summed E-state index contributed by atoms with van der Waals surface area (Å²) in [6.45, 7) is 6.92. The van der Waals surface area contributed by atoms with Crippen LogP contribution in [-0.2, 0) is 6.42 Å². The molecule has 0 saturated heterocycles. The molecule has 5 nitrogen and oxygen atoms in total. The number of fused-ring (bicyclic) bond motifs is 2. The molecule has 4 rings (SSSR count). The van der Waals surface area contributed by atoms with Crippen molar-refractivity contribution in [2.75, 3.05) is 6.54 Å². The predicted octanol–water partition coefficient (Wildman–Crippen LogP) is 3.20. The zero-order valence-corrected chi connectivity index (χ0v) is 16.4. The Bertz CT molecular complexity index is 1100. The summed E-state index contributed by atoms with van der Waals surface area (Å²) in [5, 5.41) is 25.0. The van der Waals surface area contributed by atoms with E-state index in [1.807, 2.05) is 0 Å². The van der Waals surface area contributed by atoms with E-state index in [1.54, 1.807) is 12.1 Å². The van der Waals surface area contributed by atoms with Crippen molar-refractivity contribution in [2.24, 2.45) is 0 Å². The van der Waals surface area contributed by atoms with Gasteiger partial charge in [0.25, 0.3) is 0 Å². The third-order valence-corrected chi connectivity index (χ3v) is 6.13. The van der Waals surface area contributed by atoms with E-state index in [4.69, 9.17) is 0 Å². The number of aromatic nitrogens is 1. The van der Waals surface area contributed by atoms with Crippen molar-refractivity contribution >= 4 is 10.9 Å². The van der Waals surface area contributed by atoms with Crippen LogP contribution in [-0.4, -0.2) is 27.8 Å². The number of hydrogen-bond donors (Lipinski definition) is 4. The van der Waals surface area contributed by atoms with Gasteiger partial charge in [0.05, 0.1) is 11.6 Å². The monoisotopic (exact) mass is 378 g/mol.